The lowest BCUT2D eigenvalue weighted by Gasteiger charge is -2.11. The maximum absolute atomic E-state index is 10.9. The molecule has 2 rings (SSSR count). The van der Waals surface area contributed by atoms with Crippen LogP contribution in [0.1, 0.15) is 10.4 Å². The Balaban J connectivity index is 2.33. The van der Waals surface area contributed by atoms with E-state index in [2.05, 4.69) is 5.32 Å². The number of nitrogens with one attached hydrogen (secondary N) is 1. The topological polar surface area (TPSA) is 58.6 Å². The molecule has 0 fully saturated rings. The van der Waals surface area contributed by atoms with E-state index in [1.165, 1.54) is 6.07 Å². The minimum atomic E-state index is -0.971. The fourth-order valence-electron chi connectivity index (χ4n) is 1.66. The fraction of sp³-hybridized carbons (Fsp3) is 0.0714. The number of carbonyl (C=O) groups is 1. The molecule has 98 valence electrons. The van der Waals surface area contributed by atoms with Gasteiger partial charge in [0.2, 0.25) is 0 Å². The zero-order valence-corrected chi connectivity index (χ0v) is 10.9. The minimum Gasteiger partial charge on any atom is -0.495 e. The summed E-state index contributed by atoms with van der Waals surface area (Å²) in [7, 11) is 1.56. The van der Waals surface area contributed by atoms with Gasteiger partial charge in [-0.05, 0) is 36.4 Å². The van der Waals surface area contributed by atoms with Gasteiger partial charge in [0.25, 0.3) is 0 Å². The highest BCUT2D eigenvalue weighted by molar-refractivity contribution is 6.31. The first kappa shape index (κ1) is 13.2. The van der Waals surface area contributed by atoms with E-state index in [0.29, 0.717) is 22.1 Å². The third-order valence-corrected chi connectivity index (χ3v) is 2.79. The van der Waals surface area contributed by atoms with Gasteiger partial charge < -0.3 is 15.2 Å². The number of halogens is 1. The van der Waals surface area contributed by atoms with Crippen LogP contribution in [0.25, 0.3) is 0 Å². The maximum atomic E-state index is 10.9. The Kier molecular flexibility index (Phi) is 3.92. The van der Waals surface area contributed by atoms with Gasteiger partial charge in [-0.2, -0.15) is 0 Å². The van der Waals surface area contributed by atoms with Gasteiger partial charge in [0, 0.05) is 10.7 Å². The second kappa shape index (κ2) is 5.63. The molecule has 0 spiro atoms. The summed E-state index contributed by atoms with van der Waals surface area (Å²) >= 11 is 5.93. The highest BCUT2D eigenvalue weighted by atomic mass is 35.5. The maximum Gasteiger partial charge on any atom is 0.335 e. The number of hydrogen-bond acceptors (Lipinski definition) is 3. The molecule has 0 aliphatic carbocycles. The van der Waals surface area contributed by atoms with Crippen molar-refractivity contribution in [3.05, 3.63) is 53.1 Å². The lowest BCUT2D eigenvalue weighted by Crippen LogP contribution is -1.99. The van der Waals surface area contributed by atoms with Gasteiger partial charge in [0.05, 0.1) is 18.4 Å². The molecule has 0 aromatic heterocycles. The number of methoxy groups -OCH3 is 1. The number of rotatable bonds is 4. The molecule has 2 N–H and O–H groups in total. The second-order valence-electron chi connectivity index (χ2n) is 3.86. The van der Waals surface area contributed by atoms with Crippen LogP contribution in [0.15, 0.2) is 42.5 Å². The van der Waals surface area contributed by atoms with Crippen molar-refractivity contribution in [2.75, 3.05) is 12.4 Å². The van der Waals surface area contributed by atoms with Crippen LogP contribution in [0.2, 0.25) is 5.02 Å². The summed E-state index contributed by atoms with van der Waals surface area (Å²) in [6, 6.07) is 11.7. The second-order valence-corrected chi connectivity index (χ2v) is 4.29. The number of benzene rings is 2. The number of hydrogen-bond donors (Lipinski definition) is 2. The predicted molar refractivity (Wildman–Crippen MR) is 74.7 cm³/mol. The monoisotopic (exact) mass is 277 g/mol. The van der Waals surface area contributed by atoms with E-state index in [1.54, 1.807) is 43.5 Å². The molecule has 5 heteroatoms. The summed E-state index contributed by atoms with van der Waals surface area (Å²) in [6.07, 6.45) is 0. The molecular formula is C14H12ClNO3. The van der Waals surface area contributed by atoms with Crippen LogP contribution in [0.4, 0.5) is 11.4 Å². The SMILES string of the molecule is COc1ccc(Cl)cc1Nc1cccc(C(=O)O)c1. The van der Waals surface area contributed by atoms with E-state index in [4.69, 9.17) is 21.4 Å². The lowest BCUT2D eigenvalue weighted by atomic mass is 10.2. The molecule has 0 unspecified atom stereocenters. The van der Waals surface area contributed by atoms with E-state index < -0.39 is 5.97 Å². The Morgan fingerprint density at radius 3 is 2.74 bits per heavy atom. The Hall–Kier alpha value is -2.20. The molecule has 0 heterocycles. The first-order valence-corrected chi connectivity index (χ1v) is 5.92. The molecule has 0 aliphatic rings. The Labute approximate surface area is 115 Å². The largest absolute Gasteiger partial charge is 0.495 e. The Bertz CT molecular complexity index is 613. The highest BCUT2D eigenvalue weighted by Crippen LogP contribution is 2.30. The normalized spacial score (nSPS) is 10.0. The molecule has 2 aromatic carbocycles. The molecule has 0 aliphatic heterocycles. The fourth-order valence-corrected chi connectivity index (χ4v) is 1.84. The predicted octanol–water partition coefficient (Wildman–Crippen LogP) is 3.79. The number of carboxylic acids is 1. The molecule has 2 aromatic rings. The van der Waals surface area contributed by atoms with Gasteiger partial charge in [-0.1, -0.05) is 17.7 Å². The average molecular weight is 278 g/mol. The smallest absolute Gasteiger partial charge is 0.335 e. The van der Waals surface area contributed by atoms with Crippen LogP contribution in [0.5, 0.6) is 5.75 Å². The van der Waals surface area contributed by atoms with E-state index in [-0.39, 0.29) is 5.56 Å². The zero-order valence-electron chi connectivity index (χ0n) is 10.2. The Morgan fingerprint density at radius 1 is 1.26 bits per heavy atom. The standard InChI is InChI=1S/C14H12ClNO3/c1-19-13-6-5-10(15)8-12(13)16-11-4-2-3-9(7-11)14(17)18/h2-8,16H,1H3,(H,17,18). The quantitative estimate of drug-likeness (QED) is 0.893. The van der Waals surface area contributed by atoms with E-state index in [1.807, 2.05) is 0 Å². The summed E-state index contributed by atoms with van der Waals surface area (Å²) < 4.78 is 5.21. The third kappa shape index (κ3) is 3.17. The molecule has 0 saturated heterocycles. The van der Waals surface area contributed by atoms with Crippen molar-refractivity contribution >= 4 is 28.9 Å². The number of aromatic carboxylic acids is 1. The van der Waals surface area contributed by atoms with Crippen molar-refractivity contribution < 1.29 is 14.6 Å². The molecule has 4 nitrogen and oxygen atoms in total. The van der Waals surface area contributed by atoms with E-state index in [0.717, 1.165) is 0 Å². The molecule has 0 saturated carbocycles. The summed E-state index contributed by atoms with van der Waals surface area (Å²) in [6.45, 7) is 0. The van der Waals surface area contributed by atoms with Gasteiger partial charge in [-0.3, -0.25) is 0 Å². The van der Waals surface area contributed by atoms with E-state index >= 15 is 0 Å². The average Bonchev–Trinajstić information content (AvgIpc) is 2.39. The third-order valence-electron chi connectivity index (χ3n) is 2.55. The van der Waals surface area contributed by atoms with E-state index in [9.17, 15) is 4.79 Å². The molecule has 0 amide bonds. The number of anilines is 2. The first-order chi connectivity index (χ1) is 9.10. The van der Waals surface area contributed by atoms with Crippen LogP contribution in [0, 0.1) is 0 Å². The van der Waals surface area contributed by atoms with Gasteiger partial charge in [-0.15, -0.1) is 0 Å². The van der Waals surface area contributed by atoms with Crippen molar-refractivity contribution in [1.82, 2.24) is 0 Å². The molecular weight excluding hydrogens is 266 g/mol. The van der Waals surface area contributed by atoms with Crippen molar-refractivity contribution in [1.29, 1.82) is 0 Å². The van der Waals surface area contributed by atoms with Crippen LogP contribution < -0.4 is 10.1 Å². The summed E-state index contributed by atoms with van der Waals surface area (Å²) in [5.74, 6) is -0.341. The number of carboxylic acid groups (broad SMARTS) is 1. The molecule has 0 atom stereocenters. The Morgan fingerprint density at radius 2 is 2.05 bits per heavy atom. The minimum absolute atomic E-state index is 0.214. The van der Waals surface area contributed by atoms with Crippen LogP contribution in [0.3, 0.4) is 0 Å². The van der Waals surface area contributed by atoms with Crippen molar-refractivity contribution in [2.24, 2.45) is 0 Å². The highest BCUT2D eigenvalue weighted by Gasteiger charge is 2.07. The molecule has 0 bridgehead atoms. The summed E-state index contributed by atoms with van der Waals surface area (Å²) in [5, 5.41) is 12.6. The van der Waals surface area contributed by atoms with Crippen molar-refractivity contribution in [2.45, 2.75) is 0 Å². The zero-order chi connectivity index (χ0) is 13.8. The van der Waals surface area contributed by atoms with Gasteiger partial charge >= 0.3 is 5.97 Å². The van der Waals surface area contributed by atoms with Crippen molar-refractivity contribution in [3.8, 4) is 5.75 Å². The first-order valence-electron chi connectivity index (χ1n) is 5.54. The van der Waals surface area contributed by atoms with Crippen molar-refractivity contribution in [3.63, 3.8) is 0 Å². The van der Waals surface area contributed by atoms with Crippen LogP contribution in [-0.4, -0.2) is 18.2 Å². The molecule has 0 radical (unpaired) electrons. The molecule has 19 heavy (non-hydrogen) atoms. The van der Waals surface area contributed by atoms with Gasteiger partial charge in [0.15, 0.2) is 0 Å². The summed E-state index contributed by atoms with van der Waals surface area (Å²) in [4.78, 5) is 10.9. The number of ether oxygens (including phenoxy) is 1. The van der Waals surface area contributed by atoms with Crippen LogP contribution >= 0.6 is 11.6 Å². The van der Waals surface area contributed by atoms with Gasteiger partial charge in [0.1, 0.15) is 5.75 Å². The lowest BCUT2D eigenvalue weighted by molar-refractivity contribution is 0.0697. The van der Waals surface area contributed by atoms with Gasteiger partial charge in [-0.25, -0.2) is 4.79 Å². The van der Waals surface area contributed by atoms with Crippen LogP contribution in [-0.2, 0) is 0 Å². The summed E-state index contributed by atoms with van der Waals surface area (Å²) in [5.41, 5.74) is 1.55.